The Morgan fingerprint density at radius 1 is 1.41 bits per heavy atom. The maximum atomic E-state index is 12.9. The number of hydrogen-bond donors (Lipinski definition) is 0. The predicted octanol–water partition coefficient (Wildman–Crippen LogP) is 2.81. The molecule has 0 radical (unpaired) electrons. The first-order valence-electron chi connectivity index (χ1n) is 7.46. The largest absolute Gasteiger partial charge is 0.337 e. The summed E-state index contributed by atoms with van der Waals surface area (Å²) in [6, 6.07) is 6.60. The number of hydrogen-bond acceptors (Lipinski definition) is 4. The normalized spacial score (nSPS) is 19.3. The van der Waals surface area contributed by atoms with Crippen molar-refractivity contribution in [1.82, 2.24) is 9.80 Å². The van der Waals surface area contributed by atoms with E-state index in [1.807, 2.05) is 30.8 Å². The van der Waals surface area contributed by atoms with E-state index in [9.17, 15) is 9.18 Å². The van der Waals surface area contributed by atoms with Crippen LogP contribution in [0.5, 0.6) is 0 Å². The van der Waals surface area contributed by atoms with Gasteiger partial charge in [0.25, 0.3) is 0 Å². The van der Waals surface area contributed by atoms with Gasteiger partial charge in [-0.15, -0.1) is 11.8 Å². The lowest BCUT2D eigenvalue weighted by molar-refractivity contribution is -0.130. The Balaban J connectivity index is 1.93. The maximum Gasteiger partial charge on any atom is 0.233 e. The zero-order valence-electron chi connectivity index (χ0n) is 13.1. The molecule has 1 aliphatic rings. The lowest BCUT2D eigenvalue weighted by Crippen LogP contribution is -2.47. The van der Waals surface area contributed by atoms with E-state index in [-0.39, 0.29) is 17.8 Å². The van der Waals surface area contributed by atoms with Gasteiger partial charge in [-0.25, -0.2) is 4.39 Å². The lowest BCUT2D eigenvalue weighted by Gasteiger charge is -2.31. The molecule has 0 aromatic heterocycles. The summed E-state index contributed by atoms with van der Waals surface area (Å²) in [7, 11) is 4.09. The van der Waals surface area contributed by atoms with E-state index >= 15 is 0 Å². The highest BCUT2D eigenvalue weighted by Crippen LogP contribution is 2.22. The zero-order valence-corrected chi connectivity index (χ0v) is 14.8. The Labute approximate surface area is 140 Å². The molecule has 0 spiro atoms. The third kappa shape index (κ3) is 5.48. The Morgan fingerprint density at radius 3 is 2.82 bits per heavy atom. The second kappa shape index (κ2) is 8.79. The fraction of sp³-hybridized carbons (Fsp3) is 0.562. The highest BCUT2D eigenvalue weighted by Gasteiger charge is 2.25. The summed E-state index contributed by atoms with van der Waals surface area (Å²) in [6.07, 6.45) is 1.06. The van der Waals surface area contributed by atoms with E-state index in [1.54, 1.807) is 12.1 Å². The van der Waals surface area contributed by atoms with Crippen LogP contribution in [-0.2, 0) is 4.79 Å². The molecule has 22 heavy (non-hydrogen) atoms. The van der Waals surface area contributed by atoms with Crippen molar-refractivity contribution in [3.05, 3.63) is 30.1 Å². The van der Waals surface area contributed by atoms with Crippen molar-refractivity contribution in [2.75, 3.05) is 44.4 Å². The number of benzene rings is 1. The van der Waals surface area contributed by atoms with Crippen LogP contribution in [0.15, 0.2) is 29.2 Å². The SMILES string of the molecule is CN(C)C[C@H]1CSCCCN1C(=O)CSc1ccc(F)cc1. The predicted molar refractivity (Wildman–Crippen MR) is 93.1 cm³/mol. The van der Waals surface area contributed by atoms with Gasteiger partial charge >= 0.3 is 0 Å². The van der Waals surface area contributed by atoms with Crippen molar-refractivity contribution >= 4 is 29.4 Å². The van der Waals surface area contributed by atoms with Gasteiger partial charge in [-0.3, -0.25) is 4.79 Å². The van der Waals surface area contributed by atoms with Crippen LogP contribution in [0.4, 0.5) is 4.39 Å². The van der Waals surface area contributed by atoms with Crippen LogP contribution >= 0.6 is 23.5 Å². The van der Waals surface area contributed by atoms with Crippen LogP contribution < -0.4 is 0 Å². The summed E-state index contributed by atoms with van der Waals surface area (Å²) in [5.41, 5.74) is 0. The molecule has 1 amide bonds. The molecule has 6 heteroatoms. The molecule has 1 fully saturated rings. The second-order valence-electron chi connectivity index (χ2n) is 5.67. The van der Waals surface area contributed by atoms with Crippen LogP contribution in [0.1, 0.15) is 6.42 Å². The Bertz CT molecular complexity index is 482. The number of nitrogens with zero attached hydrogens (tertiary/aromatic N) is 2. The molecule has 0 saturated carbocycles. The third-order valence-corrected chi connectivity index (χ3v) is 5.71. The summed E-state index contributed by atoms with van der Waals surface area (Å²) in [4.78, 5) is 17.7. The topological polar surface area (TPSA) is 23.6 Å². The molecule has 122 valence electrons. The molecule has 1 aromatic carbocycles. The number of amides is 1. The highest BCUT2D eigenvalue weighted by molar-refractivity contribution is 8.00. The molecule has 2 rings (SSSR count). The molecule has 1 saturated heterocycles. The van der Waals surface area contributed by atoms with Crippen LogP contribution in [0.3, 0.4) is 0 Å². The average molecular weight is 343 g/mol. The first-order chi connectivity index (χ1) is 10.6. The molecule has 0 aliphatic carbocycles. The molecule has 0 bridgehead atoms. The average Bonchev–Trinajstić information content (AvgIpc) is 2.71. The summed E-state index contributed by atoms with van der Waals surface area (Å²) in [6.45, 7) is 1.74. The fourth-order valence-electron chi connectivity index (χ4n) is 2.49. The molecular formula is C16H23FN2OS2. The number of halogens is 1. The number of rotatable bonds is 5. The lowest BCUT2D eigenvalue weighted by atomic mass is 10.2. The molecule has 0 N–H and O–H groups in total. The highest BCUT2D eigenvalue weighted by atomic mass is 32.2. The zero-order chi connectivity index (χ0) is 15.9. The smallest absolute Gasteiger partial charge is 0.233 e. The fourth-order valence-corrected chi connectivity index (χ4v) is 4.33. The molecular weight excluding hydrogens is 319 g/mol. The van der Waals surface area contributed by atoms with Crippen molar-refractivity contribution in [3.8, 4) is 0 Å². The molecule has 1 heterocycles. The van der Waals surface area contributed by atoms with Gasteiger partial charge in [0, 0.05) is 23.7 Å². The van der Waals surface area contributed by atoms with Gasteiger partial charge in [-0.1, -0.05) is 0 Å². The van der Waals surface area contributed by atoms with E-state index in [0.29, 0.717) is 5.75 Å². The molecule has 3 nitrogen and oxygen atoms in total. The first kappa shape index (κ1) is 17.6. The Hall–Kier alpha value is -0.720. The summed E-state index contributed by atoms with van der Waals surface area (Å²) < 4.78 is 12.9. The second-order valence-corrected chi connectivity index (χ2v) is 7.87. The van der Waals surface area contributed by atoms with Gasteiger partial charge in [-0.2, -0.15) is 11.8 Å². The van der Waals surface area contributed by atoms with Crippen molar-refractivity contribution in [2.24, 2.45) is 0 Å². The van der Waals surface area contributed by atoms with E-state index in [4.69, 9.17) is 0 Å². The minimum atomic E-state index is -0.244. The van der Waals surface area contributed by atoms with Crippen LogP contribution in [0.25, 0.3) is 0 Å². The van der Waals surface area contributed by atoms with E-state index < -0.39 is 0 Å². The quantitative estimate of drug-likeness (QED) is 0.768. The van der Waals surface area contributed by atoms with E-state index in [1.165, 1.54) is 23.9 Å². The van der Waals surface area contributed by atoms with Gasteiger partial charge in [0.15, 0.2) is 0 Å². The van der Waals surface area contributed by atoms with Gasteiger partial charge in [0.2, 0.25) is 5.91 Å². The molecule has 1 aromatic rings. The van der Waals surface area contributed by atoms with E-state index in [2.05, 4.69) is 4.90 Å². The van der Waals surface area contributed by atoms with Crippen LogP contribution in [-0.4, -0.2) is 66.2 Å². The van der Waals surface area contributed by atoms with Crippen molar-refractivity contribution < 1.29 is 9.18 Å². The molecule has 1 aliphatic heterocycles. The number of carbonyl (C=O) groups excluding carboxylic acids is 1. The molecule has 0 unspecified atom stereocenters. The maximum absolute atomic E-state index is 12.9. The first-order valence-corrected chi connectivity index (χ1v) is 9.60. The number of carbonyl (C=O) groups is 1. The van der Waals surface area contributed by atoms with E-state index in [0.717, 1.165) is 35.9 Å². The third-order valence-electron chi connectivity index (χ3n) is 3.51. The van der Waals surface area contributed by atoms with Gasteiger partial charge in [0.05, 0.1) is 11.8 Å². The summed E-state index contributed by atoms with van der Waals surface area (Å²) in [5, 5.41) is 0. The summed E-state index contributed by atoms with van der Waals surface area (Å²) >= 11 is 3.41. The Morgan fingerprint density at radius 2 is 2.14 bits per heavy atom. The molecule has 1 atom stereocenters. The minimum absolute atomic E-state index is 0.184. The monoisotopic (exact) mass is 342 g/mol. The van der Waals surface area contributed by atoms with Crippen molar-refractivity contribution in [1.29, 1.82) is 0 Å². The van der Waals surface area contributed by atoms with Gasteiger partial charge in [0.1, 0.15) is 5.82 Å². The van der Waals surface area contributed by atoms with Crippen LogP contribution in [0, 0.1) is 5.82 Å². The minimum Gasteiger partial charge on any atom is -0.337 e. The van der Waals surface area contributed by atoms with Crippen molar-refractivity contribution in [2.45, 2.75) is 17.4 Å². The standard InChI is InChI=1S/C16H23FN2OS2/c1-18(2)10-14-11-21-9-3-8-19(14)16(20)12-22-15-6-4-13(17)5-7-15/h4-7,14H,3,8-12H2,1-2H3/t14-/m0/s1. The number of likely N-dealkylation sites (N-methyl/N-ethyl adjacent to an activating group) is 1. The Kier molecular flexibility index (Phi) is 7.05. The van der Waals surface area contributed by atoms with Crippen molar-refractivity contribution in [3.63, 3.8) is 0 Å². The van der Waals surface area contributed by atoms with Crippen LogP contribution in [0.2, 0.25) is 0 Å². The number of thioether (sulfide) groups is 2. The summed E-state index contributed by atoms with van der Waals surface area (Å²) in [5.74, 6) is 2.49. The van der Waals surface area contributed by atoms with Gasteiger partial charge in [-0.05, 0) is 50.5 Å². The van der Waals surface area contributed by atoms with Gasteiger partial charge < -0.3 is 9.80 Å².